The molecule has 0 spiro atoms. The van der Waals surface area contributed by atoms with Crippen LogP contribution in [0.15, 0.2) is 45.9 Å². The summed E-state index contributed by atoms with van der Waals surface area (Å²) in [4.78, 5) is 15.7. The quantitative estimate of drug-likeness (QED) is 0.642. The summed E-state index contributed by atoms with van der Waals surface area (Å²) in [6, 6.07) is 7.37. The van der Waals surface area contributed by atoms with Crippen LogP contribution in [0, 0.1) is 0 Å². The number of nitrogens with two attached hydrogens (primary N) is 1. The van der Waals surface area contributed by atoms with Crippen molar-refractivity contribution in [3.8, 4) is 5.69 Å². The highest BCUT2D eigenvalue weighted by atomic mass is 79.9. The number of nitrogens with zero attached hydrogens (tertiary/aromatic N) is 2. The smallest absolute Gasteiger partial charge is 0.299 e. The zero-order valence-corrected chi connectivity index (χ0v) is 9.81. The van der Waals surface area contributed by atoms with Crippen molar-refractivity contribution in [3.63, 3.8) is 0 Å². The van der Waals surface area contributed by atoms with Crippen molar-refractivity contribution < 1.29 is 0 Å². The van der Waals surface area contributed by atoms with Crippen LogP contribution in [0.5, 0.6) is 0 Å². The average Bonchev–Trinajstić information content (AvgIpc) is 2.31. The van der Waals surface area contributed by atoms with E-state index in [9.17, 15) is 4.79 Å². The molecule has 16 heavy (non-hydrogen) atoms. The third kappa shape index (κ3) is 1.98. The van der Waals surface area contributed by atoms with Crippen LogP contribution in [0.4, 0.5) is 5.82 Å². The van der Waals surface area contributed by atoms with Crippen LogP contribution in [0.1, 0.15) is 0 Å². The van der Waals surface area contributed by atoms with Gasteiger partial charge in [-0.1, -0.05) is 15.9 Å². The van der Waals surface area contributed by atoms with E-state index in [1.54, 1.807) is 6.20 Å². The highest BCUT2D eigenvalue weighted by molar-refractivity contribution is 9.10. The van der Waals surface area contributed by atoms with Gasteiger partial charge in [-0.2, -0.15) is 0 Å². The number of hydrogen-bond donors (Lipinski definition) is 2. The molecule has 0 amide bonds. The molecule has 6 heteroatoms. The molecule has 3 N–H and O–H groups in total. The monoisotopic (exact) mass is 280 g/mol. The Hall–Kier alpha value is -1.66. The van der Waals surface area contributed by atoms with Crippen LogP contribution in [0.25, 0.3) is 5.69 Å². The van der Waals surface area contributed by atoms with E-state index >= 15 is 0 Å². The van der Waals surface area contributed by atoms with Crippen LogP contribution >= 0.6 is 15.9 Å². The molecular formula is C10H9BrN4O. The molecule has 1 aromatic carbocycles. The van der Waals surface area contributed by atoms with Gasteiger partial charge in [0.05, 0.1) is 0 Å². The number of benzene rings is 1. The lowest BCUT2D eigenvalue weighted by atomic mass is 10.3. The summed E-state index contributed by atoms with van der Waals surface area (Å²) in [7, 11) is 0. The Kier molecular flexibility index (Phi) is 3.02. The van der Waals surface area contributed by atoms with Gasteiger partial charge >= 0.3 is 0 Å². The van der Waals surface area contributed by atoms with Gasteiger partial charge in [0.1, 0.15) is 0 Å². The maximum Gasteiger partial charge on any atom is 0.299 e. The number of hydrogen-bond acceptors (Lipinski definition) is 4. The van der Waals surface area contributed by atoms with Gasteiger partial charge in [0.2, 0.25) is 5.82 Å². The minimum absolute atomic E-state index is 0.116. The molecule has 0 bridgehead atoms. The minimum Gasteiger partial charge on any atom is -0.304 e. The molecule has 0 aliphatic rings. The van der Waals surface area contributed by atoms with E-state index in [1.165, 1.54) is 10.8 Å². The first-order valence-corrected chi connectivity index (χ1v) is 5.32. The first-order valence-electron chi connectivity index (χ1n) is 4.52. The van der Waals surface area contributed by atoms with E-state index in [0.717, 1.165) is 10.2 Å². The van der Waals surface area contributed by atoms with Crippen LogP contribution in [-0.2, 0) is 0 Å². The summed E-state index contributed by atoms with van der Waals surface area (Å²) < 4.78 is 2.42. The number of rotatable bonds is 2. The highest BCUT2D eigenvalue weighted by Gasteiger charge is 2.04. The van der Waals surface area contributed by atoms with Gasteiger partial charge in [-0.05, 0) is 24.3 Å². The molecule has 0 atom stereocenters. The van der Waals surface area contributed by atoms with Gasteiger partial charge in [-0.25, -0.2) is 10.8 Å². The van der Waals surface area contributed by atoms with Gasteiger partial charge in [-0.15, -0.1) is 0 Å². The second-order valence-electron chi connectivity index (χ2n) is 3.07. The van der Waals surface area contributed by atoms with E-state index in [0.29, 0.717) is 0 Å². The Balaban J connectivity index is 2.56. The molecule has 0 fully saturated rings. The van der Waals surface area contributed by atoms with Crippen molar-refractivity contribution in [2.75, 3.05) is 5.43 Å². The molecule has 0 unspecified atom stereocenters. The third-order valence-corrected chi connectivity index (χ3v) is 2.61. The zero-order valence-electron chi connectivity index (χ0n) is 8.22. The van der Waals surface area contributed by atoms with Crippen molar-refractivity contribution >= 4 is 21.7 Å². The van der Waals surface area contributed by atoms with E-state index in [4.69, 9.17) is 5.84 Å². The van der Waals surface area contributed by atoms with Crippen molar-refractivity contribution in [1.82, 2.24) is 9.55 Å². The number of anilines is 1. The molecule has 82 valence electrons. The Morgan fingerprint density at radius 2 is 2.00 bits per heavy atom. The van der Waals surface area contributed by atoms with Crippen LogP contribution in [0.3, 0.4) is 0 Å². The predicted octanol–water partition coefficient (Wildman–Crippen LogP) is 1.28. The molecule has 1 heterocycles. The molecule has 1 aromatic heterocycles. The number of nitrogen functional groups attached to an aromatic ring is 1. The fourth-order valence-corrected chi connectivity index (χ4v) is 1.58. The third-order valence-electron chi connectivity index (χ3n) is 2.08. The Morgan fingerprint density at radius 3 is 2.62 bits per heavy atom. The topological polar surface area (TPSA) is 72.9 Å². The van der Waals surface area contributed by atoms with Crippen LogP contribution in [-0.4, -0.2) is 9.55 Å². The predicted molar refractivity (Wildman–Crippen MR) is 65.3 cm³/mol. The van der Waals surface area contributed by atoms with Crippen molar-refractivity contribution in [2.45, 2.75) is 0 Å². The summed E-state index contributed by atoms with van der Waals surface area (Å²) in [5.74, 6) is 5.30. The molecule has 2 aromatic rings. The second-order valence-corrected chi connectivity index (χ2v) is 3.99. The summed E-state index contributed by atoms with van der Waals surface area (Å²) >= 11 is 3.33. The lowest BCUT2D eigenvalue weighted by Gasteiger charge is -2.06. The van der Waals surface area contributed by atoms with E-state index in [1.807, 2.05) is 24.3 Å². The summed E-state index contributed by atoms with van der Waals surface area (Å²) in [6.07, 6.45) is 3.10. The number of nitrogens with one attached hydrogen (secondary N) is 1. The molecule has 0 aliphatic heterocycles. The van der Waals surface area contributed by atoms with Crippen LogP contribution < -0.4 is 16.8 Å². The van der Waals surface area contributed by atoms with E-state index in [-0.39, 0.29) is 11.4 Å². The first kappa shape index (κ1) is 10.8. The number of hydrazine groups is 1. The highest BCUT2D eigenvalue weighted by Crippen LogP contribution is 2.12. The Bertz CT molecular complexity index is 549. The van der Waals surface area contributed by atoms with Gasteiger partial charge in [0.25, 0.3) is 5.56 Å². The lowest BCUT2D eigenvalue weighted by Crippen LogP contribution is -2.25. The van der Waals surface area contributed by atoms with Gasteiger partial charge in [0.15, 0.2) is 0 Å². The van der Waals surface area contributed by atoms with Gasteiger partial charge < -0.3 is 5.43 Å². The average molecular weight is 281 g/mol. The maximum absolute atomic E-state index is 11.8. The Morgan fingerprint density at radius 1 is 1.31 bits per heavy atom. The normalized spacial score (nSPS) is 10.1. The summed E-state index contributed by atoms with van der Waals surface area (Å²) in [6.45, 7) is 0. The molecule has 5 nitrogen and oxygen atoms in total. The van der Waals surface area contributed by atoms with Crippen molar-refractivity contribution in [3.05, 3.63) is 51.5 Å². The fraction of sp³-hybridized carbons (Fsp3) is 0. The minimum atomic E-state index is -0.285. The standard InChI is InChI=1S/C10H9BrN4O/c11-7-1-3-8(4-2-7)15-6-5-13-9(14-12)10(15)16/h1-6H,12H2,(H,13,14). The van der Waals surface area contributed by atoms with E-state index < -0.39 is 0 Å². The molecule has 0 saturated heterocycles. The SMILES string of the molecule is NNc1nccn(-c2ccc(Br)cc2)c1=O. The summed E-state index contributed by atoms with van der Waals surface area (Å²) in [5, 5.41) is 0. The fourth-order valence-electron chi connectivity index (χ4n) is 1.32. The molecule has 0 saturated carbocycles. The molecule has 2 rings (SSSR count). The Labute approximate surface area is 100 Å². The zero-order chi connectivity index (χ0) is 11.5. The first-order chi connectivity index (χ1) is 7.72. The lowest BCUT2D eigenvalue weighted by molar-refractivity contribution is 0.952. The summed E-state index contributed by atoms with van der Waals surface area (Å²) in [5.41, 5.74) is 2.73. The largest absolute Gasteiger partial charge is 0.304 e. The molecule has 0 aliphatic carbocycles. The number of aromatic nitrogens is 2. The van der Waals surface area contributed by atoms with Crippen molar-refractivity contribution in [1.29, 1.82) is 0 Å². The van der Waals surface area contributed by atoms with Gasteiger partial charge in [-0.3, -0.25) is 9.36 Å². The molecule has 0 radical (unpaired) electrons. The van der Waals surface area contributed by atoms with Crippen molar-refractivity contribution in [2.24, 2.45) is 5.84 Å². The molecular weight excluding hydrogens is 272 g/mol. The number of halogens is 1. The van der Waals surface area contributed by atoms with Crippen LogP contribution in [0.2, 0.25) is 0 Å². The maximum atomic E-state index is 11.8. The van der Waals surface area contributed by atoms with E-state index in [2.05, 4.69) is 26.3 Å². The van der Waals surface area contributed by atoms with Gasteiger partial charge in [0, 0.05) is 22.6 Å². The second kappa shape index (κ2) is 4.46.